The van der Waals surface area contributed by atoms with Crippen LogP contribution in [-0.2, 0) is 12.0 Å². The molecule has 6 nitrogen and oxygen atoms in total. The molecule has 1 N–H and O–H groups in total. The first-order valence-electron chi connectivity index (χ1n) is 8.34. The molecule has 2 amide bonds. The maximum atomic E-state index is 12.6. The lowest BCUT2D eigenvalue weighted by Gasteiger charge is -2.24. The van der Waals surface area contributed by atoms with Crippen molar-refractivity contribution in [3.63, 3.8) is 0 Å². The van der Waals surface area contributed by atoms with Crippen LogP contribution in [-0.4, -0.2) is 38.8 Å². The fraction of sp³-hybridized carbons (Fsp3) is 0.588. The van der Waals surface area contributed by atoms with Gasteiger partial charge in [-0.2, -0.15) is 5.10 Å². The molecular formula is C17H25N5OS. The summed E-state index contributed by atoms with van der Waals surface area (Å²) < 4.78 is 1.84. The van der Waals surface area contributed by atoms with Gasteiger partial charge in [-0.1, -0.05) is 0 Å². The molecule has 1 fully saturated rings. The second-order valence-electron chi connectivity index (χ2n) is 7.42. The minimum absolute atomic E-state index is 0.0428. The average molecular weight is 347 g/mol. The van der Waals surface area contributed by atoms with Crippen molar-refractivity contribution in [2.45, 2.75) is 46.1 Å². The quantitative estimate of drug-likeness (QED) is 0.924. The van der Waals surface area contributed by atoms with E-state index in [1.54, 1.807) is 17.5 Å². The lowest BCUT2D eigenvalue weighted by molar-refractivity contribution is 0.220. The standard InChI is InChI=1S/C17H25N5OS/c1-12-11-24-15(19-12)9-13-6-8-21(10-13)16(23)20-14-5-7-18-22(14)17(2,3)4/h5,7,11,13H,6,8-10H2,1-4H3,(H,20,23). The number of aromatic nitrogens is 3. The van der Waals surface area contributed by atoms with Crippen LogP contribution < -0.4 is 5.32 Å². The lowest BCUT2D eigenvalue weighted by Crippen LogP contribution is -2.35. The lowest BCUT2D eigenvalue weighted by atomic mass is 10.1. The number of hydrogen-bond donors (Lipinski definition) is 1. The van der Waals surface area contributed by atoms with Crippen LogP contribution in [0.4, 0.5) is 10.6 Å². The zero-order chi connectivity index (χ0) is 17.3. The molecule has 1 aliphatic rings. The van der Waals surface area contributed by atoms with E-state index in [0.717, 1.165) is 37.4 Å². The number of carbonyl (C=O) groups is 1. The second-order valence-corrected chi connectivity index (χ2v) is 8.36. The predicted molar refractivity (Wildman–Crippen MR) is 96.5 cm³/mol. The molecule has 2 aromatic heterocycles. The van der Waals surface area contributed by atoms with E-state index in [-0.39, 0.29) is 11.6 Å². The molecular weight excluding hydrogens is 322 g/mol. The van der Waals surface area contributed by atoms with Crippen LogP contribution >= 0.6 is 11.3 Å². The van der Waals surface area contributed by atoms with Crippen molar-refractivity contribution in [3.05, 3.63) is 28.3 Å². The summed E-state index contributed by atoms with van der Waals surface area (Å²) >= 11 is 1.71. The molecule has 3 rings (SSSR count). The van der Waals surface area contributed by atoms with Gasteiger partial charge >= 0.3 is 6.03 Å². The molecule has 3 heterocycles. The Balaban J connectivity index is 1.58. The Kier molecular flexibility index (Phi) is 4.62. The molecule has 130 valence electrons. The van der Waals surface area contributed by atoms with Crippen LogP contribution in [0.3, 0.4) is 0 Å². The van der Waals surface area contributed by atoms with Gasteiger partial charge in [0.25, 0.3) is 0 Å². The zero-order valence-electron chi connectivity index (χ0n) is 14.7. The number of thiazole rings is 1. The van der Waals surface area contributed by atoms with Crippen molar-refractivity contribution in [2.24, 2.45) is 5.92 Å². The van der Waals surface area contributed by atoms with Crippen LogP contribution in [0.1, 0.15) is 37.9 Å². The summed E-state index contributed by atoms with van der Waals surface area (Å²) in [6.45, 7) is 9.80. The van der Waals surface area contributed by atoms with E-state index < -0.39 is 0 Å². The van der Waals surface area contributed by atoms with Crippen LogP contribution in [0.5, 0.6) is 0 Å². The van der Waals surface area contributed by atoms with Gasteiger partial charge < -0.3 is 4.90 Å². The van der Waals surface area contributed by atoms with Gasteiger partial charge in [0.05, 0.1) is 16.7 Å². The monoisotopic (exact) mass is 347 g/mol. The van der Waals surface area contributed by atoms with Gasteiger partial charge in [-0.3, -0.25) is 5.32 Å². The second kappa shape index (κ2) is 6.55. The summed E-state index contributed by atoms with van der Waals surface area (Å²) in [6, 6.07) is 1.80. The average Bonchev–Trinajstić information content (AvgIpc) is 3.19. The van der Waals surface area contributed by atoms with Gasteiger partial charge in [0.15, 0.2) is 0 Å². The third-order valence-electron chi connectivity index (χ3n) is 4.22. The Hall–Kier alpha value is -1.89. The number of carbonyl (C=O) groups excluding carboxylic acids is 1. The summed E-state index contributed by atoms with van der Waals surface area (Å²) in [5.74, 6) is 1.24. The van der Waals surface area contributed by atoms with Crippen LogP contribution in [0.2, 0.25) is 0 Å². The van der Waals surface area contributed by atoms with Gasteiger partial charge in [-0.05, 0) is 40.0 Å². The molecule has 0 aliphatic carbocycles. The van der Waals surface area contributed by atoms with E-state index in [1.807, 2.05) is 22.6 Å². The maximum Gasteiger partial charge on any atom is 0.323 e. The van der Waals surface area contributed by atoms with E-state index in [1.165, 1.54) is 5.01 Å². The summed E-state index contributed by atoms with van der Waals surface area (Å²) in [6.07, 6.45) is 3.71. The van der Waals surface area contributed by atoms with Crippen molar-refractivity contribution in [1.82, 2.24) is 19.7 Å². The molecule has 1 atom stereocenters. The smallest absolute Gasteiger partial charge is 0.323 e. The summed E-state index contributed by atoms with van der Waals surface area (Å²) in [4.78, 5) is 19.0. The van der Waals surface area contributed by atoms with Crippen molar-refractivity contribution in [2.75, 3.05) is 18.4 Å². The van der Waals surface area contributed by atoms with Crippen molar-refractivity contribution >= 4 is 23.2 Å². The Morgan fingerprint density at radius 3 is 2.92 bits per heavy atom. The normalized spacial score (nSPS) is 18.2. The van der Waals surface area contributed by atoms with E-state index in [0.29, 0.717) is 5.92 Å². The van der Waals surface area contributed by atoms with Gasteiger partial charge in [0.1, 0.15) is 5.82 Å². The highest BCUT2D eigenvalue weighted by Crippen LogP contribution is 2.24. The number of amides is 2. The van der Waals surface area contributed by atoms with Crippen molar-refractivity contribution in [1.29, 1.82) is 0 Å². The summed E-state index contributed by atoms with van der Waals surface area (Å²) in [7, 11) is 0. The van der Waals surface area contributed by atoms with E-state index in [2.05, 4.69) is 41.6 Å². The van der Waals surface area contributed by atoms with Crippen LogP contribution in [0.25, 0.3) is 0 Å². The number of likely N-dealkylation sites (tertiary alicyclic amines) is 1. The van der Waals surface area contributed by atoms with Crippen molar-refractivity contribution < 1.29 is 4.79 Å². The van der Waals surface area contributed by atoms with E-state index >= 15 is 0 Å². The minimum atomic E-state index is -0.164. The molecule has 1 unspecified atom stereocenters. The zero-order valence-corrected chi connectivity index (χ0v) is 15.6. The number of nitrogens with one attached hydrogen (secondary N) is 1. The van der Waals surface area contributed by atoms with Crippen LogP contribution in [0, 0.1) is 12.8 Å². The summed E-state index contributed by atoms with van der Waals surface area (Å²) in [5.41, 5.74) is 0.917. The first-order valence-corrected chi connectivity index (χ1v) is 9.22. The largest absolute Gasteiger partial charge is 0.324 e. The third kappa shape index (κ3) is 3.77. The molecule has 2 aromatic rings. The van der Waals surface area contributed by atoms with Gasteiger partial charge in [0.2, 0.25) is 0 Å². The number of aryl methyl sites for hydroxylation is 1. The highest BCUT2D eigenvalue weighted by atomic mass is 32.1. The predicted octanol–water partition coefficient (Wildman–Crippen LogP) is 3.50. The first kappa shape index (κ1) is 17.0. The fourth-order valence-corrected chi connectivity index (χ4v) is 3.94. The molecule has 0 aromatic carbocycles. The molecule has 1 saturated heterocycles. The first-order chi connectivity index (χ1) is 11.3. The van der Waals surface area contributed by atoms with Gasteiger partial charge in [-0.25, -0.2) is 14.5 Å². The Bertz CT molecular complexity index is 715. The van der Waals surface area contributed by atoms with Gasteiger partial charge in [0, 0.05) is 36.7 Å². The SMILES string of the molecule is Cc1csc(CC2CCN(C(=O)Nc3ccnn3C(C)(C)C)C2)n1. The van der Waals surface area contributed by atoms with E-state index in [4.69, 9.17) is 0 Å². The summed E-state index contributed by atoms with van der Waals surface area (Å²) in [5, 5.41) is 10.6. The number of anilines is 1. The van der Waals surface area contributed by atoms with E-state index in [9.17, 15) is 4.79 Å². The number of urea groups is 1. The Morgan fingerprint density at radius 1 is 1.46 bits per heavy atom. The third-order valence-corrected chi connectivity index (χ3v) is 5.21. The minimum Gasteiger partial charge on any atom is -0.324 e. The van der Waals surface area contributed by atoms with Gasteiger partial charge in [-0.15, -0.1) is 11.3 Å². The van der Waals surface area contributed by atoms with Crippen molar-refractivity contribution in [3.8, 4) is 0 Å². The van der Waals surface area contributed by atoms with Crippen LogP contribution in [0.15, 0.2) is 17.6 Å². The molecule has 1 aliphatic heterocycles. The Morgan fingerprint density at radius 2 is 2.25 bits per heavy atom. The highest BCUT2D eigenvalue weighted by Gasteiger charge is 2.28. The molecule has 24 heavy (non-hydrogen) atoms. The molecule has 0 spiro atoms. The molecule has 0 bridgehead atoms. The molecule has 0 radical (unpaired) electrons. The Labute approximate surface area is 146 Å². The fourth-order valence-electron chi connectivity index (χ4n) is 3.05. The molecule has 7 heteroatoms. The molecule has 0 saturated carbocycles. The number of rotatable bonds is 3. The number of nitrogens with zero attached hydrogens (tertiary/aromatic N) is 4. The topological polar surface area (TPSA) is 63.1 Å². The maximum absolute atomic E-state index is 12.6. The number of hydrogen-bond acceptors (Lipinski definition) is 4. The highest BCUT2D eigenvalue weighted by molar-refractivity contribution is 7.09.